The van der Waals surface area contributed by atoms with Crippen molar-refractivity contribution in [3.63, 3.8) is 0 Å². The van der Waals surface area contributed by atoms with E-state index in [-0.39, 0.29) is 18.8 Å². The molecule has 2 N–H and O–H groups in total. The molecule has 0 aromatic rings. The normalized spacial score (nSPS) is 17.8. The maximum absolute atomic E-state index is 10.2. The number of carbonyl (C=O) groups is 1. The van der Waals surface area contributed by atoms with Gasteiger partial charge in [0.15, 0.2) is 0 Å². The Kier molecular flexibility index (Phi) is 7.00. The first-order chi connectivity index (χ1) is 5.79. The summed E-state index contributed by atoms with van der Waals surface area (Å²) in [6, 6.07) is 0.582. The van der Waals surface area contributed by atoms with E-state index in [0.29, 0.717) is 12.6 Å². The minimum atomic E-state index is -0.710. The maximum Gasteiger partial charge on any atom is 0.304 e. The van der Waals surface area contributed by atoms with Crippen LogP contribution in [0.15, 0.2) is 0 Å². The maximum atomic E-state index is 10.2. The molecule has 0 atom stereocenters. The van der Waals surface area contributed by atoms with Crippen LogP contribution in [0.4, 0.5) is 0 Å². The number of nitrogens with one attached hydrogen (secondary N) is 1. The molecule has 1 rings (SSSR count). The second-order valence-corrected chi connectivity index (χ2v) is 3.43. The van der Waals surface area contributed by atoms with Gasteiger partial charge in [0.2, 0.25) is 0 Å². The Labute approximate surface area is 85.3 Å². The lowest BCUT2D eigenvalue weighted by molar-refractivity contribution is -0.136. The van der Waals surface area contributed by atoms with Gasteiger partial charge in [0, 0.05) is 12.6 Å². The van der Waals surface area contributed by atoms with Crippen LogP contribution in [-0.2, 0) is 4.79 Å². The summed E-state index contributed by atoms with van der Waals surface area (Å²) in [7, 11) is 0. The van der Waals surface area contributed by atoms with Gasteiger partial charge in [0.25, 0.3) is 0 Å². The smallest absolute Gasteiger partial charge is 0.304 e. The average molecular weight is 208 g/mol. The third-order valence-electron chi connectivity index (χ3n) is 2.38. The van der Waals surface area contributed by atoms with Crippen molar-refractivity contribution in [2.45, 2.75) is 44.6 Å². The summed E-state index contributed by atoms with van der Waals surface area (Å²) in [6.07, 6.45) is 6.63. The number of hydrogen-bond donors (Lipinski definition) is 2. The summed E-state index contributed by atoms with van der Waals surface area (Å²) in [4.78, 5) is 10.2. The molecule has 1 fully saturated rings. The first kappa shape index (κ1) is 12.7. The topological polar surface area (TPSA) is 49.3 Å². The van der Waals surface area contributed by atoms with Crippen LogP contribution in [-0.4, -0.2) is 23.7 Å². The Morgan fingerprint density at radius 3 is 2.46 bits per heavy atom. The second-order valence-electron chi connectivity index (χ2n) is 3.43. The number of halogens is 1. The van der Waals surface area contributed by atoms with E-state index in [1.54, 1.807) is 0 Å². The highest BCUT2D eigenvalue weighted by Crippen LogP contribution is 2.16. The van der Waals surface area contributed by atoms with Crippen LogP contribution < -0.4 is 5.32 Å². The van der Waals surface area contributed by atoms with E-state index in [4.69, 9.17) is 5.11 Å². The number of aliphatic carboxylic acids is 1. The number of carboxylic acids is 1. The number of carboxylic acid groups (broad SMARTS) is 1. The molecule has 0 saturated heterocycles. The SMILES string of the molecule is Cl.O=C(O)CCNC1CCCCC1. The fraction of sp³-hybridized carbons (Fsp3) is 0.889. The first-order valence-electron chi connectivity index (χ1n) is 4.74. The Balaban J connectivity index is 0.00000144. The van der Waals surface area contributed by atoms with Crippen LogP contribution in [0.3, 0.4) is 0 Å². The monoisotopic (exact) mass is 207 g/mol. The van der Waals surface area contributed by atoms with Crippen LogP contribution in [0.5, 0.6) is 0 Å². The molecule has 0 unspecified atom stereocenters. The minimum absolute atomic E-state index is 0. The molecule has 4 heteroatoms. The zero-order valence-electron chi connectivity index (χ0n) is 7.79. The predicted octanol–water partition coefficient (Wildman–Crippen LogP) is 1.81. The second kappa shape index (κ2) is 7.15. The molecule has 0 aromatic heterocycles. The predicted molar refractivity (Wildman–Crippen MR) is 54.4 cm³/mol. The molecule has 78 valence electrons. The lowest BCUT2D eigenvalue weighted by Crippen LogP contribution is -2.32. The summed E-state index contributed by atoms with van der Waals surface area (Å²) >= 11 is 0. The van der Waals surface area contributed by atoms with Crippen molar-refractivity contribution in [1.82, 2.24) is 5.32 Å². The average Bonchev–Trinajstić information content (AvgIpc) is 2.05. The van der Waals surface area contributed by atoms with E-state index in [1.807, 2.05) is 0 Å². The molecule has 0 radical (unpaired) electrons. The Morgan fingerprint density at radius 1 is 1.31 bits per heavy atom. The molecule has 0 aliphatic heterocycles. The van der Waals surface area contributed by atoms with E-state index in [9.17, 15) is 4.79 Å². The van der Waals surface area contributed by atoms with Crippen molar-refractivity contribution in [3.8, 4) is 0 Å². The molecule has 3 nitrogen and oxygen atoms in total. The number of hydrogen-bond acceptors (Lipinski definition) is 2. The summed E-state index contributed by atoms with van der Waals surface area (Å²) in [5.41, 5.74) is 0. The molecular formula is C9H18ClNO2. The van der Waals surface area contributed by atoms with Gasteiger partial charge in [-0.15, -0.1) is 12.4 Å². The highest BCUT2D eigenvalue weighted by atomic mass is 35.5. The third-order valence-corrected chi connectivity index (χ3v) is 2.38. The fourth-order valence-corrected chi connectivity index (χ4v) is 1.69. The summed E-state index contributed by atoms with van der Waals surface area (Å²) in [5, 5.41) is 11.7. The van der Waals surface area contributed by atoms with E-state index in [1.165, 1.54) is 32.1 Å². The Bertz CT molecular complexity index is 147. The van der Waals surface area contributed by atoms with Crippen molar-refractivity contribution in [2.24, 2.45) is 0 Å². The quantitative estimate of drug-likeness (QED) is 0.739. The van der Waals surface area contributed by atoms with Crippen molar-refractivity contribution in [2.75, 3.05) is 6.54 Å². The Morgan fingerprint density at radius 2 is 1.92 bits per heavy atom. The molecular weight excluding hydrogens is 190 g/mol. The van der Waals surface area contributed by atoms with Gasteiger partial charge < -0.3 is 10.4 Å². The first-order valence-corrected chi connectivity index (χ1v) is 4.74. The molecule has 13 heavy (non-hydrogen) atoms. The lowest BCUT2D eigenvalue weighted by Gasteiger charge is -2.22. The number of rotatable bonds is 4. The van der Waals surface area contributed by atoms with Gasteiger partial charge in [0.1, 0.15) is 0 Å². The molecule has 1 saturated carbocycles. The zero-order valence-corrected chi connectivity index (χ0v) is 8.61. The lowest BCUT2D eigenvalue weighted by atomic mass is 9.95. The molecule has 0 spiro atoms. The largest absolute Gasteiger partial charge is 0.481 e. The fourth-order valence-electron chi connectivity index (χ4n) is 1.69. The third kappa shape index (κ3) is 5.88. The van der Waals surface area contributed by atoms with Crippen molar-refractivity contribution in [1.29, 1.82) is 0 Å². The highest BCUT2D eigenvalue weighted by molar-refractivity contribution is 5.85. The highest BCUT2D eigenvalue weighted by Gasteiger charge is 2.12. The van der Waals surface area contributed by atoms with Gasteiger partial charge in [-0.1, -0.05) is 19.3 Å². The van der Waals surface area contributed by atoms with Crippen LogP contribution in [0, 0.1) is 0 Å². The summed E-state index contributed by atoms with van der Waals surface area (Å²) < 4.78 is 0. The van der Waals surface area contributed by atoms with E-state index >= 15 is 0 Å². The molecule has 0 aromatic carbocycles. The Hall–Kier alpha value is -0.280. The van der Waals surface area contributed by atoms with Gasteiger partial charge in [0.05, 0.1) is 6.42 Å². The van der Waals surface area contributed by atoms with Gasteiger partial charge in [-0.3, -0.25) is 4.79 Å². The molecule has 1 aliphatic rings. The van der Waals surface area contributed by atoms with Crippen LogP contribution >= 0.6 is 12.4 Å². The van der Waals surface area contributed by atoms with Gasteiger partial charge in [-0.25, -0.2) is 0 Å². The zero-order chi connectivity index (χ0) is 8.81. The van der Waals surface area contributed by atoms with Crippen molar-refractivity contribution >= 4 is 18.4 Å². The molecule has 0 heterocycles. The van der Waals surface area contributed by atoms with Crippen LogP contribution in [0.2, 0.25) is 0 Å². The standard InChI is InChI=1S/C9H17NO2.ClH/c11-9(12)6-7-10-8-4-2-1-3-5-8;/h8,10H,1-7H2,(H,11,12);1H. The molecule has 0 bridgehead atoms. The van der Waals surface area contributed by atoms with E-state index < -0.39 is 5.97 Å². The van der Waals surface area contributed by atoms with Gasteiger partial charge in [-0.2, -0.15) is 0 Å². The van der Waals surface area contributed by atoms with Gasteiger partial charge in [-0.05, 0) is 12.8 Å². The minimum Gasteiger partial charge on any atom is -0.481 e. The van der Waals surface area contributed by atoms with Gasteiger partial charge >= 0.3 is 5.97 Å². The molecule has 1 aliphatic carbocycles. The molecule has 0 amide bonds. The van der Waals surface area contributed by atoms with Crippen LogP contribution in [0.25, 0.3) is 0 Å². The van der Waals surface area contributed by atoms with Crippen molar-refractivity contribution < 1.29 is 9.90 Å². The van der Waals surface area contributed by atoms with E-state index in [2.05, 4.69) is 5.32 Å². The van der Waals surface area contributed by atoms with E-state index in [0.717, 1.165) is 0 Å². The van der Waals surface area contributed by atoms with Crippen LogP contribution in [0.1, 0.15) is 38.5 Å². The van der Waals surface area contributed by atoms with Crippen molar-refractivity contribution in [3.05, 3.63) is 0 Å². The summed E-state index contributed by atoms with van der Waals surface area (Å²) in [5.74, 6) is -0.710. The summed E-state index contributed by atoms with van der Waals surface area (Å²) in [6.45, 7) is 0.625.